The first kappa shape index (κ1) is 20.1. The van der Waals surface area contributed by atoms with Crippen LogP contribution in [0.4, 0.5) is 11.5 Å². The number of nitrogens with one attached hydrogen (secondary N) is 2. The highest BCUT2D eigenvalue weighted by atomic mass is 16.6. The van der Waals surface area contributed by atoms with E-state index in [1.54, 1.807) is 41.2 Å². The molecule has 1 atom stereocenters. The molecular weight excluding hydrogens is 376 g/mol. The number of benzene rings is 1. The van der Waals surface area contributed by atoms with Crippen LogP contribution in [0.5, 0.6) is 0 Å². The zero-order valence-electron chi connectivity index (χ0n) is 16.3. The average molecular weight is 398 g/mol. The second-order valence-corrected chi connectivity index (χ2v) is 6.70. The number of para-hydroxylation sites is 1. The van der Waals surface area contributed by atoms with Gasteiger partial charge in [-0.2, -0.15) is 5.10 Å². The van der Waals surface area contributed by atoms with Gasteiger partial charge in [0.2, 0.25) is 11.7 Å². The summed E-state index contributed by atoms with van der Waals surface area (Å²) in [5.41, 5.74) is 0.399. The fourth-order valence-electron chi connectivity index (χ4n) is 2.69. The molecule has 152 valence electrons. The van der Waals surface area contributed by atoms with Crippen LogP contribution in [-0.2, 0) is 23.9 Å². The highest BCUT2D eigenvalue weighted by Gasteiger charge is 2.34. The number of nitrogens with zero attached hydrogens (tertiary/aromatic N) is 2. The summed E-state index contributed by atoms with van der Waals surface area (Å²) >= 11 is 0. The largest absolute Gasteiger partial charge is 0.470 e. The molecule has 1 aromatic heterocycles. The molecule has 29 heavy (non-hydrogen) atoms. The maximum absolute atomic E-state index is 12.5. The molecular formula is C20H22N4O5. The Bertz CT molecular complexity index is 949. The molecule has 0 fully saturated rings. The number of hydrogen-bond acceptors (Lipinski definition) is 7. The predicted molar refractivity (Wildman–Crippen MR) is 105 cm³/mol. The van der Waals surface area contributed by atoms with Gasteiger partial charge >= 0.3 is 5.97 Å². The first-order chi connectivity index (χ1) is 13.9. The molecule has 0 unspecified atom stereocenters. The zero-order chi connectivity index (χ0) is 21.0. The van der Waals surface area contributed by atoms with Gasteiger partial charge in [-0.05, 0) is 32.9 Å². The Morgan fingerprint density at radius 2 is 1.90 bits per heavy atom. The summed E-state index contributed by atoms with van der Waals surface area (Å²) in [7, 11) is 0. The van der Waals surface area contributed by atoms with Crippen LogP contribution >= 0.6 is 0 Å². The maximum Gasteiger partial charge on any atom is 0.348 e. The molecule has 1 aliphatic heterocycles. The van der Waals surface area contributed by atoms with E-state index in [4.69, 9.17) is 9.47 Å². The Labute approximate surface area is 167 Å². The lowest BCUT2D eigenvalue weighted by Gasteiger charge is -2.16. The number of hydrogen-bond donors (Lipinski definition) is 2. The fraction of sp³-hybridized carbons (Fsp3) is 0.300. The summed E-state index contributed by atoms with van der Waals surface area (Å²) in [6, 6.07) is 10.6. The van der Waals surface area contributed by atoms with Gasteiger partial charge in [0.1, 0.15) is 5.82 Å². The van der Waals surface area contributed by atoms with Crippen molar-refractivity contribution in [1.29, 1.82) is 0 Å². The number of carbonyl (C=O) groups is 3. The van der Waals surface area contributed by atoms with Crippen molar-refractivity contribution in [2.75, 3.05) is 17.2 Å². The average Bonchev–Trinajstić information content (AvgIpc) is 3.29. The summed E-state index contributed by atoms with van der Waals surface area (Å²) in [5, 5.41) is 9.68. The Balaban J connectivity index is 1.68. The van der Waals surface area contributed by atoms with Crippen molar-refractivity contribution in [3.8, 4) is 0 Å². The van der Waals surface area contributed by atoms with Crippen LogP contribution in [0.3, 0.4) is 0 Å². The van der Waals surface area contributed by atoms with E-state index in [1.807, 2.05) is 19.9 Å². The summed E-state index contributed by atoms with van der Waals surface area (Å²) in [5.74, 6) is -1.48. The van der Waals surface area contributed by atoms with Crippen molar-refractivity contribution < 1.29 is 23.9 Å². The van der Waals surface area contributed by atoms with E-state index < -0.39 is 23.8 Å². The van der Waals surface area contributed by atoms with E-state index in [2.05, 4.69) is 15.7 Å². The Morgan fingerprint density at radius 3 is 2.59 bits per heavy atom. The van der Waals surface area contributed by atoms with Crippen molar-refractivity contribution in [2.45, 2.75) is 32.9 Å². The number of anilines is 2. The smallest absolute Gasteiger partial charge is 0.348 e. The summed E-state index contributed by atoms with van der Waals surface area (Å²) in [6.07, 6.45) is 0.435. The minimum Gasteiger partial charge on any atom is -0.470 e. The molecule has 1 amide bonds. The predicted octanol–water partition coefficient (Wildman–Crippen LogP) is 2.26. The zero-order valence-corrected chi connectivity index (χ0v) is 16.3. The number of aromatic nitrogens is 2. The molecule has 9 nitrogen and oxygen atoms in total. The molecule has 2 heterocycles. The van der Waals surface area contributed by atoms with Crippen LogP contribution in [0.1, 0.15) is 26.8 Å². The van der Waals surface area contributed by atoms with Crippen molar-refractivity contribution in [1.82, 2.24) is 9.78 Å². The van der Waals surface area contributed by atoms with E-state index >= 15 is 0 Å². The quantitative estimate of drug-likeness (QED) is 0.543. The molecule has 0 radical (unpaired) electrons. The molecule has 9 heteroatoms. The van der Waals surface area contributed by atoms with E-state index in [9.17, 15) is 14.4 Å². The number of ketones is 1. The third kappa shape index (κ3) is 4.63. The lowest BCUT2D eigenvalue weighted by molar-refractivity contribution is -0.150. The van der Waals surface area contributed by atoms with Crippen LogP contribution in [-0.4, -0.2) is 40.2 Å². The van der Waals surface area contributed by atoms with E-state index in [0.717, 1.165) is 0 Å². The molecule has 0 bridgehead atoms. The molecule has 0 saturated heterocycles. The standard InChI is InChI=1S/C20H22N4O5/c1-12(2)24-16(9-10-21-24)23-18(26)13(3)29-20(27)17-15(25)11-28-19(17)22-14-7-5-4-6-8-14/h4-10,12-13,22H,11H2,1-3H3,(H,23,26)/t13-/m1/s1. The molecule has 0 aliphatic carbocycles. The molecule has 1 aromatic carbocycles. The first-order valence-electron chi connectivity index (χ1n) is 9.14. The van der Waals surface area contributed by atoms with Gasteiger partial charge in [-0.25, -0.2) is 9.48 Å². The second kappa shape index (κ2) is 8.59. The van der Waals surface area contributed by atoms with Crippen LogP contribution in [0.15, 0.2) is 54.1 Å². The third-order valence-corrected chi connectivity index (χ3v) is 4.15. The fourth-order valence-corrected chi connectivity index (χ4v) is 2.69. The van der Waals surface area contributed by atoms with Gasteiger partial charge in [0, 0.05) is 17.8 Å². The number of ether oxygens (including phenoxy) is 2. The summed E-state index contributed by atoms with van der Waals surface area (Å²) in [4.78, 5) is 37.1. The second-order valence-electron chi connectivity index (χ2n) is 6.70. The molecule has 0 saturated carbocycles. The molecule has 1 aliphatic rings. The summed E-state index contributed by atoms with van der Waals surface area (Å²) < 4.78 is 12.1. The molecule has 0 spiro atoms. The van der Waals surface area contributed by atoms with Crippen molar-refractivity contribution in [3.63, 3.8) is 0 Å². The highest BCUT2D eigenvalue weighted by molar-refractivity contribution is 6.20. The van der Waals surface area contributed by atoms with E-state index in [1.165, 1.54) is 6.92 Å². The minimum absolute atomic E-state index is 0.0108. The van der Waals surface area contributed by atoms with Crippen LogP contribution < -0.4 is 10.6 Å². The maximum atomic E-state index is 12.5. The number of rotatable bonds is 7. The van der Waals surface area contributed by atoms with Gasteiger partial charge < -0.3 is 20.1 Å². The molecule has 2 N–H and O–H groups in total. The van der Waals surface area contributed by atoms with Gasteiger partial charge in [-0.3, -0.25) is 9.59 Å². The number of esters is 1. The van der Waals surface area contributed by atoms with Crippen molar-refractivity contribution >= 4 is 29.2 Å². The monoisotopic (exact) mass is 398 g/mol. The topological polar surface area (TPSA) is 112 Å². The Kier molecular flexibility index (Phi) is 5.96. The van der Waals surface area contributed by atoms with E-state index in [0.29, 0.717) is 11.5 Å². The molecule has 3 rings (SSSR count). The number of Topliss-reactive ketones (excluding diaryl/α,β-unsaturated/α-hetero) is 1. The molecule has 2 aromatic rings. The minimum atomic E-state index is -1.13. The number of carbonyl (C=O) groups excluding carboxylic acids is 3. The third-order valence-electron chi connectivity index (χ3n) is 4.15. The Morgan fingerprint density at radius 1 is 1.17 bits per heavy atom. The van der Waals surface area contributed by atoms with Gasteiger partial charge in [0.15, 0.2) is 18.3 Å². The lowest BCUT2D eigenvalue weighted by Crippen LogP contribution is -2.32. The van der Waals surface area contributed by atoms with Crippen molar-refractivity contribution in [3.05, 3.63) is 54.1 Å². The highest BCUT2D eigenvalue weighted by Crippen LogP contribution is 2.21. The van der Waals surface area contributed by atoms with E-state index in [-0.39, 0.29) is 24.1 Å². The SMILES string of the molecule is CC(C)n1nccc1NC(=O)[C@@H](C)OC(=O)C1=C(Nc2ccccc2)OCC1=O. The first-order valence-corrected chi connectivity index (χ1v) is 9.14. The van der Waals surface area contributed by atoms with Gasteiger partial charge in [-0.1, -0.05) is 18.2 Å². The van der Waals surface area contributed by atoms with Crippen LogP contribution in [0.25, 0.3) is 0 Å². The normalized spacial score (nSPS) is 14.6. The van der Waals surface area contributed by atoms with Gasteiger partial charge in [-0.15, -0.1) is 0 Å². The lowest BCUT2D eigenvalue weighted by atomic mass is 10.2. The van der Waals surface area contributed by atoms with Crippen molar-refractivity contribution in [2.24, 2.45) is 0 Å². The Hall–Kier alpha value is -3.62. The van der Waals surface area contributed by atoms with Gasteiger partial charge in [0.05, 0.1) is 6.20 Å². The number of amides is 1. The van der Waals surface area contributed by atoms with Crippen LogP contribution in [0.2, 0.25) is 0 Å². The summed E-state index contributed by atoms with van der Waals surface area (Å²) in [6.45, 7) is 5.00. The van der Waals surface area contributed by atoms with Crippen LogP contribution in [0, 0.1) is 0 Å². The van der Waals surface area contributed by atoms with Gasteiger partial charge in [0.25, 0.3) is 5.91 Å².